The van der Waals surface area contributed by atoms with Crippen LogP contribution in [-0.4, -0.2) is 28.9 Å². The Hall–Kier alpha value is -1.88. The van der Waals surface area contributed by atoms with Gasteiger partial charge in [0, 0.05) is 18.4 Å². The summed E-state index contributed by atoms with van der Waals surface area (Å²) in [6.45, 7) is 1.86. The van der Waals surface area contributed by atoms with Crippen molar-refractivity contribution in [2.24, 2.45) is 0 Å². The zero-order valence-corrected chi connectivity index (χ0v) is 11.0. The fraction of sp³-hybridized carbons (Fsp3) is 0.429. The minimum atomic E-state index is -0.602. The van der Waals surface area contributed by atoms with E-state index in [1.807, 2.05) is 0 Å². The molecule has 1 aliphatic heterocycles. The van der Waals surface area contributed by atoms with Crippen LogP contribution < -0.4 is 4.74 Å². The molecule has 0 aromatic heterocycles. The molecule has 102 valence electrons. The zero-order valence-electron chi connectivity index (χ0n) is 11.0. The average Bonchev–Trinajstić information content (AvgIpc) is 2.70. The molecule has 0 aliphatic carbocycles. The van der Waals surface area contributed by atoms with E-state index in [0.717, 1.165) is 11.1 Å². The minimum Gasteiger partial charge on any atom is -0.496 e. The lowest BCUT2D eigenvalue weighted by molar-refractivity contribution is -0.139. The van der Waals surface area contributed by atoms with E-state index in [1.54, 1.807) is 25.1 Å². The summed E-state index contributed by atoms with van der Waals surface area (Å²) in [5.41, 5.74) is 1.46. The first-order chi connectivity index (χ1) is 9.02. The van der Waals surface area contributed by atoms with Crippen LogP contribution >= 0.6 is 0 Å². The fourth-order valence-corrected chi connectivity index (χ4v) is 2.15. The molecule has 0 spiro atoms. The quantitative estimate of drug-likeness (QED) is 0.834. The molecule has 1 aliphatic rings. The number of rotatable bonds is 4. The van der Waals surface area contributed by atoms with E-state index in [1.165, 1.54) is 12.0 Å². The van der Waals surface area contributed by atoms with Crippen molar-refractivity contribution in [2.75, 3.05) is 7.11 Å². The number of ether oxygens (including phenoxy) is 1. The van der Waals surface area contributed by atoms with E-state index in [4.69, 9.17) is 4.74 Å². The third-order valence-electron chi connectivity index (χ3n) is 3.27. The van der Waals surface area contributed by atoms with Crippen LogP contribution in [0, 0.1) is 0 Å². The van der Waals surface area contributed by atoms with Crippen LogP contribution in [0.1, 0.15) is 37.0 Å². The van der Waals surface area contributed by atoms with E-state index in [2.05, 4.69) is 0 Å². The van der Waals surface area contributed by atoms with Crippen molar-refractivity contribution in [1.29, 1.82) is 0 Å². The predicted octanol–water partition coefficient (Wildman–Crippen LogP) is 1.40. The zero-order chi connectivity index (χ0) is 14.0. The second-order valence-corrected chi connectivity index (χ2v) is 4.62. The van der Waals surface area contributed by atoms with E-state index >= 15 is 0 Å². The summed E-state index contributed by atoms with van der Waals surface area (Å²) in [5, 5.41) is 9.59. The topological polar surface area (TPSA) is 66.8 Å². The number of hydrogen-bond donors (Lipinski definition) is 1. The Morgan fingerprint density at radius 3 is 2.47 bits per heavy atom. The molecule has 1 aromatic rings. The van der Waals surface area contributed by atoms with E-state index in [0.29, 0.717) is 5.75 Å². The Morgan fingerprint density at radius 2 is 1.95 bits per heavy atom. The molecule has 2 rings (SSSR count). The van der Waals surface area contributed by atoms with Crippen LogP contribution in [0.15, 0.2) is 18.2 Å². The Kier molecular flexibility index (Phi) is 3.85. The smallest absolute Gasteiger partial charge is 0.230 e. The van der Waals surface area contributed by atoms with Gasteiger partial charge < -0.3 is 9.84 Å². The highest BCUT2D eigenvalue weighted by Gasteiger charge is 2.29. The number of nitrogens with zero attached hydrogens (tertiary/aromatic N) is 1. The van der Waals surface area contributed by atoms with Gasteiger partial charge in [0.05, 0.1) is 19.8 Å². The number of aliphatic hydroxyl groups is 1. The van der Waals surface area contributed by atoms with Crippen molar-refractivity contribution in [3.8, 4) is 5.75 Å². The molecule has 0 radical (unpaired) electrons. The van der Waals surface area contributed by atoms with Gasteiger partial charge in [-0.05, 0) is 24.6 Å². The maximum atomic E-state index is 11.6. The molecular weight excluding hydrogens is 246 g/mol. The summed E-state index contributed by atoms with van der Waals surface area (Å²) < 4.78 is 5.23. The van der Waals surface area contributed by atoms with Gasteiger partial charge in [-0.1, -0.05) is 6.07 Å². The maximum absolute atomic E-state index is 11.6. The molecule has 2 amide bonds. The van der Waals surface area contributed by atoms with E-state index in [-0.39, 0.29) is 31.2 Å². The Labute approximate surface area is 111 Å². The molecule has 1 aromatic carbocycles. The monoisotopic (exact) mass is 263 g/mol. The Morgan fingerprint density at radius 1 is 1.32 bits per heavy atom. The van der Waals surface area contributed by atoms with Crippen molar-refractivity contribution in [3.05, 3.63) is 29.3 Å². The first-order valence-corrected chi connectivity index (χ1v) is 6.21. The van der Waals surface area contributed by atoms with Crippen molar-refractivity contribution < 1.29 is 19.4 Å². The first kappa shape index (κ1) is 13.5. The first-order valence-electron chi connectivity index (χ1n) is 6.21. The van der Waals surface area contributed by atoms with Crippen LogP contribution in [0.4, 0.5) is 0 Å². The van der Waals surface area contributed by atoms with Crippen molar-refractivity contribution >= 4 is 11.8 Å². The molecule has 5 heteroatoms. The molecular formula is C14H17NO4. The van der Waals surface area contributed by atoms with Crippen molar-refractivity contribution in [2.45, 2.75) is 32.4 Å². The molecule has 19 heavy (non-hydrogen) atoms. The van der Waals surface area contributed by atoms with Gasteiger partial charge in [0.1, 0.15) is 5.75 Å². The van der Waals surface area contributed by atoms with Crippen LogP contribution in [0.2, 0.25) is 0 Å². The molecule has 0 bridgehead atoms. The molecule has 1 atom stereocenters. The summed E-state index contributed by atoms with van der Waals surface area (Å²) in [4.78, 5) is 24.5. The van der Waals surface area contributed by atoms with E-state index in [9.17, 15) is 14.7 Å². The second kappa shape index (κ2) is 5.40. The van der Waals surface area contributed by atoms with Gasteiger partial charge in [-0.25, -0.2) is 0 Å². The Bertz CT molecular complexity index is 494. The standard InChI is InChI=1S/C14H17NO4/c1-9(16)10-3-4-12(19-2)11(7-10)8-15-13(17)5-6-14(15)18/h3-4,7,9,16H,5-6,8H2,1-2H3. The molecule has 0 saturated carbocycles. The lowest BCUT2D eigenvalue weighted by atomic mass is 10.1. The molecule has 1 unspecified atom stereocenters. The van der Waals surface area contributed by atoms with Crippen molar-refractivity contribution in [3.63, 3.8) is 0 Å². The summed E-state index contributed by atoms with van der Waals surface area (Å²) in [7, 11) is 1.54. The highest BCUT2D eigenvalue weighted by Crippen LogP contribution is 2.26. The number of aliphatic hydroxyl groups excluding tert-OH is 1. The number of carbonyl (C=O) groups excluding carboxylic acids is 2. The SMILES string of the molecule is COc1ccc(C(C)O)cc1CN1C(=O)CCC1=O. The molecule has 1 heterocycles. The normalized spacial score (nSPS) is 16.9. The summed E-state index contributed by atoms with van der Waals surface area (Å²) >= 11 is 0. The Balaban J connectivity index is 2.29. The number of amides is 2. The number of methoxy groups -OCH3 is 1. The van der Waals surface area contributed by atoms with Gasteiger partial charge in [-0.3, -0.25) is 14.5 Å². The summed E-state index contributed by atoms with van der Waals surface area (Å²) in [5.74, 6) is 0.293. The highest BCUT2D eigenvalue weighted by atomic mass is 16.5. The number of likely N-dealkylation sites (tertiary alicyclic amines) is 1. The van der Waals surface area contributed by atoms with Gasteiger partial charge in [0.2, 0.25) is 11.8 Å². The predicted molar refractivity (Wildman–Crippen MR) is 68.4 cm³/mol. The van der Waals surface area contributed by atoms with Crippen LogP contribution in [0.5, 0.6) is 5.75 Å². The fourth-order valence-electron chi connectivity index (χ4n) is 2.15. The number of hydrogen-bond acceptors (Lipinski definition) is 4. The minimum absolute atomic E-state index is 0.158. The molecule has 5 nitrogen and oxygen atoms in total. The van der Waals surface area contributed by atoms with Crippen LogP contribution in [0.25, 0.3) is 0 Å². The average molecular weight is 263 g/mol. The van der Waals surface area contributed by atoms with Crippen LogP contribution in [-0.2, 0) is 16.1 Å². The summed E-state index contributed by atoms with van der Waals surface area (Å²) in [6, 6.07) is 5.27. The van der Waals surface area contributed by atoms with Gasteiger partial charge in [-0.15, -0.1) is 0 Å². The lowest BCUT2D eigenvalue weighted by Gasteiger charge is -2.17. The van der Waals surface area contributed by atoms with Crippen molar-refractivity contribution in [1.82, 2.24) is 4.90 Å². The third kappa shape index (κ3) is 2.76. The maximum Gasteiger partial charge on any atom is 0.230 e. The van der Waals surface area contributed by atoms with Crippen LogP contribution in [0.3, 0.4) is 0 Å². The van der Waals surface area contributed by atoms with E-state index < -0.39 is 6.10 Å². The molecule has 1 saturated heterocycles. The summed E-state index contributed by atoms with van der Waals surface area (Å²) in [6.07, 6.45) is -0.0521. The third-order valence-corrected chi connectivity index (χ3v) is 3.27. The van der Waals surface area contributed by atoms with Gasteiger partial charge in [-0.2, -0.15) is 0 Å². The molecule has 1 N–H and O–H groups in total. The number of benzene rings is 1. The van der Waals surface area contributed by atoms with Gasteiger partial charge in [0.25, 0.3) is 0 Å². The highest BCUT2D eigenvalue weighted by molar-refractivity contribution is 6.01. The molecule has 1 fully saturated rings. The second-order valence-electron chi connectivity index (χ2n) is 4.62. The largest absolute Gasteiger partial charge is 0.496 e. The number of imide groups is 1. The number of carbonyl (C=O) groups is 2. The van der Waals surface area contributed by atoms with Gasteiger partial charge >= 0.3 is 0 Å². The van der Waals surface area contributed by atoms with Gasteiger partial charge in [0.15, 0.2) is 0 Å². The lowest BCUT2D eigenvalue weighted by Crippen LogP contribution is -2.28.